The Kier molecular flexibility index (Phi) is 8.30. The molecule has 0 aliphatic carbocycles. The van der Waals surface area contributed by atoms with Gasteiger partial charge in [0.1, 0.15) is 0 Å². The molecule has 2 rings (SSSR count). The van der Waals surface area contributed by atoms with Crippen LogP contribution in [0.4, 0.5) is 0 Å². The quantitative estimate of drug-likeness (QED) is 0.573. The van der Waals surface area contributed by atoms with Crippen molar-refractivity contribution in [1.82, 2.24) is 0 Å². The Morgan fingerprint density at radius 3 is 2.65 bits per heavy atom. The van der Waals surface area contributed by atoms with E-state index in [0.29, 0.717) is 6.61 Å². The summed E-state index contributed by atoms with van der Waals surface area (Å²) in [7, 11) is 0. The van der Waals surface area contributed by atoms with E-state index in [1.54, 1.807) is 0 Å². The van der Waals surface area contributed by atoms with Crippen LogP contribution in [0.15, 0.2) is 48.5 Å². The molecule has 2 aromatic rings. The van der Waals surface area contributed by atoms with Gasteiger partial charge in [-0.15, -0.1) is 12.1 Å². The Morgan fingerprint density at radius 1 is 1.18 bits per heavy atom. The summed E-state index contributed by atoms with van der Waals surface area (Å²) in [5.74, 6) is 0.860. The molecule has 2 aromatic carbocycles. The SMILES string of the molecule is Cc1cccc(COc2c[c-]ccc2)c1.[Br-].[Mg+2]. The minimum atomic E-state index is 0. The summed E-state index contributed by atoms with van der Waals surface area (Å²) in [5, 5.41) is 0. The minimum Gasteiger partial charge on any atom is -1.00 e. The number of halogens is 1. The van der Waals surface area contributed by atoms with Crippen molar-refractivity contribution in [1.29, 1.82) is 0 Å². The van der Waals surface area contributed by atoms with Crippen molar-refractivity contribution in [3.63, 3.8) is 0 Å². The summed E-state index contributed by atoms with van der Waals surface area (Å²) >= 11 is 0. The Morgan fingerprint density at radius 2 is 2.00 bits per heavy atom. The van der Waals surface area contributed by atoms with Gasteiger partial charge in [0.25, 0.3) is 0 Å². The fourth-order valence-electron chi connectivity index (χ4n) is 1.44. The van der Waals surface area contributed by atoms with Crippen molar-refractivity contribution in [2.45, 2.75) is 13.5 Å². The van der Waals surface area contributed by atoms with Gasteiger partial charge >= 0.3 is 23.1 Å². The Bertz CT molecular complexity index is 431. The number of hydrogen-bond acceptors (Lipinski definition) is 1. The molecule has 0 aliphatic rings. The van der Waals surface area contributed by atoms with Crippen molar-refractivity contribution < 1.29 is 21.7 Å². The van der Waals surface area contributed by atoms with Gasteiger partial charge < -0.3 is 21.7 Å². The summed E-state index contributed by atoms with van der Waals surface area (Å²) in [6.45, 7) is 2.69. The van der Waals surface area contributed by atoms with Crippen molar-refractivity contribution in [3.8, 4) is 5.75 Å². The second-order valence-corrected chi connectivity index (χ2v) is 3.52. The first-order valence-electron chi connectivity index (χ1n) is 4.99. The Labute approximate surface area is 129 Å². The number of aryl methyl sites for hydroxylation is 1. The fraction of sp³-hybridized carbons (Fsp3) is 0.143. The molecule has 17 heavy (non-hydrogen) atoms. The number of rotatable bonds is 3. The van der Waals surface area contributed by atoms with Crippen LogP contribution in [0.5, 0.6) is 5.75 Å². The van der Waals surface area contributed by atoms with E-state index in [-0.39, 0.29) is 40.0 Å². The van der Waals surface area contributed by atoms with Gasteiger partial charge in [-0.2, -0.15) is 18.2 Å². The van der Waals surface area contributed by atoms with E-state index in [4.69, 9.17) is 4.74 Å². The van der Waals surface area contributed by atoms with Gasteiger partial charge in [0.2, 0.25) is 0 Å². The van der Waals surface area contributed by atoms with Crippen LogP contribution >= 0.6 is 0 Å². The summed E-state index contributed by atoms with van der Waals surface area (Å²) in [4.78, 5) is 0. The smallest absolute Gasteiger partial charge is 1.00 e. The zero-order valence-corrected chi connectivity index (χ0v) is 12.8. The van der Waals surface area contributed by atoms with Crippen LogP contribution in [0.3, 0.4) is 0 Å². The first-order valence-corrected chi connectivity index (χ1v) is 4.99. The molecule has 84 valence electrons. The largest absolute Gasteiger partial charge is 2.00 e. The third-order valence-corrected chi connectivity index (χ3v) is 2.17. The maximum absolute atomic E-state index is 5.62. The van der Waals surface area contributed by atoms with Crippen molar-refractivity contribution in [3.05, 3.63) is 65.7 Å². The molecule has 0 heterocycles. The second kappa shape index (κ2) is 8.56. The van der Waals surface area contributed by atoms with Gasteiger partial charge in [0, 0.05) is 5.75 Å². The van der Waals surface area contributed by atoms with Gasteiger partial charge in [-0.05, 0) is 12.5 Å². The molecule has 0 N–H and O–H groups in total. The molecular formula is C14H13BrMgO. The molecule has 0 amide bonds. The molecule has 0 atom stereocenters. The number of hydrogen-bond donors (Lipinski definition) is 0. The van der Waals surface area contributed by atoms with E-state index < -0.39 is 0 Å². The molecule has 0 saturated heterocycles. The molecule has 0 saturated carbocycles. The standard InChI is InChI=1S/C14H13O.BrH.Mg/c1-12-6-5-7-13(10-12)11-15-14-8-3-2-4-9-14;;/h2-3,5-10H,11H2,1H3;1H;/q-1;;+2/p-1. The van der Waals surface area contributed by atoms with E-state index in [9.17, 15) is 0 Å². The predicted molar refractivity (Wildman–Crippen MR) is 66.5 cm³/mol. The number of ether oxygens (including phenoxy) is 1. The maximum Gasteiger partial charge on any atom is 2.00 e. The molecule has 0 aromatic heterocycles. The zero-order chi connectivity index (χ0) is 10.5. The average Bonchev–Trinajstić information content (AvgIpc) is 2.28. The monoisotopic (exact) mass is 300 g/mol. The van der Waals surface area contributed by atoms with Crippen LogP contribution in [-0.4, -0.2) is 23.1 Å². The summed E-state index contributed by atoms with van der Waals surface area (Å²) < 4.78 is 5.62. The van der Waals surface area contributed by atoms with Crippen LogP contribution in [-0.2, 0) is 6.61 Å². The van der Waals surface area contributed by atoms with Crippen LogP contribution in [0, 0.1) is 13.0 Å². The number of benzene rings is 2. The van der Waals surface area contributed by atoms with Crippen molar-refractivity contribution >= 4 is 23.1 Å². The van der Waals surface area contributed by atoms with Crippen molar-refractivity contribution in [2.24, 2.45) is 0 Å². The Hall–Kier alpha value is -0.514. The summed E-state index contributed by atoms with van der Waals surface area (Å²) in [6, 6.07) is 18.9. The molecule has 0 unspecified atom stereocenters. The van der Waals surface area contributed by atoms with Crippen LogP contribution in [0.1, 0.15) is 11.1 Å². The topological polar surface area (TPSA) is 9.23 Å². The minimum absolute atomic E-state index is 0. The molecule has 0 bridgehead atoms. The Balaban J connectivity index is 0.00000128. The van der Waals surface area contributed by atoms with Crippen LogP contribution < -0.4 is 21.7 Å². The molecule has 0 aliphatic heterocycles. The third-order valence-electron chi connectivity index (χ3n) is 2.17. The molecule has 0 radical (unpaired) electrons. The van der Waals surface area contributed by atoms with Crippen LogP contribution in [0.2, 0.25) is 0 Å². The summed E-state index contributed by atoms with van der Waals surface area (Å²) in [5.41, 5.74) is 2.45. The zero-order valence-electron chi connectivity index (χ0n) is 9.82. The summed E-state index contributed by atoms with van der Waals surface area (Å²) in [6.07, 6.45) is 0. The van der Waals surface area contributed by atoms with Crippen LogP contribution in [0.25, 0.3) is 0 Å². The van der Waals surface area contributed by atoms with Gasteiger partial charge in [-0.25, -0.2) is 0 Å². The molecule has 3 heteroatoms. The van der Waals surface area contributed by atoms with E-state index in [1.807, 2.05) is 30.3 Å². The van der Waals surface area contributed by atoms with E-state index in [0.717, 1.165) is 5.75 Å². The molecule has 1 nitrogen and oxygen atoms in total. The van der Waals surface area contributed by atoms with Gasteiger partial charge in [0.15, 0.2) is 0 Å². The third kappa shape index (κ3) is 5.57. The second-order valence-electron chi connectivity index (χ2n) is 3.52. The normalized spacial score (nSPS) is 8.76. The maximum atomic E-state index is 5.62. The van der Waals surface area contributed by atoms with E-state index in [2.05, 4.69) is 31.2 Å². The van der Waals surface area contributed by atoms with E-state index in [1.165, 1.54) is 11.1 Å². The first-order chi connectivity index (χ1) is 7.34. The first kappa shape index (κ1) is 16.5. The van der Waals surface area contributed by atoms with E-state index >= 15 is 0 Å². The van der Waals surface area contributed by atoms with Crippen molar-refractivity contribution in [2.75, 3.05) is 0 Å². The fourth-order valence-corrected chi connectivity index (χ4v) is 1.44. The van der Waals surface area contributed by atoms with Gasteiger partial charge in [-0.1, -0.05) is 29.8 Å². The average molecular weight is 301 g/mol. The predicted octanol–water partition coefficient (Wildman–Crippen LogP) is -0.00259. The molecular weight excluding hydrogens is 288 g/mol. The van der Waals surface area contributed by atoms with Gasteiger partial charge in [-0.3, -0.25) is 0 Å². The molecule has 0 fully saturated rings. The molecule has 0 spiro atoms. The van der Waals surface area contributed by atoms with Gasteiger partial charge in [0.05, 0.1) is 6.61 Å².